The molecular formula is C14H20ClFN4O3S. The van der Waals surface area contributed by atoms with Crippen molar-refractivity contribution in [1.82, 2.24) is 14.9 Å². The predicted molar refractivity (Wildman–Crippen MR) is 90.2 cm³/mol. The Labute approximate surface area is 145 Å². The lowest BCUT2D eigenvalue weighted by Gasteiger charge is -2.27. The van der Waals surface area contributed by atoms with Crippen molar-refractivity contribution in [3.8, 4) is 0 Å². The van der Waals surface area contributed by atoms with Gasteiger partial charge in [0, 0.05) is 52.3 Å². The van der Waals surface area contributed by atoms with Crippen molar-refractivity contribution < 1.29 is 17.6 Å². The van der Waals surface area contributed by atoms with E-state index < -0.39 is 26.6 Å². The molecule has 7 nitrogen and oxygen atoms in total. The summed E-state index contributed by atoms with van der Waals surface area (Å²) in [5.74, 6) is -1.40. The fourth-order valence-electron chi connectivity index (χ4n) is 2.37. The van der Waals surface area contributed by atoms with Gasteiger partial charge in [0.1, 0.15) is 10.7 Å². The van der Waals surface area contributed by atoms with E-state index in [1.54, 1.807) is 0 Å². The maximum atomic E-state index is 14.1. The molecule has 0 radical (unpaired) electrons. The molecule has 1 saturated heterocycles. The molecule has 0 aliphatic carbocycles. The summed E-state index contributed by atoms with van der Waals surface area (Å²) in [6, 6.07) is 1.89. The van der Waals surface area contributed by atoms with Gasteiger partial charge in [-0.05, 0) is 6.07 Å². The normalized spacial score (nSPS) is 16.1. The van der Waals surface area contributed by atoms with Crippen molar-refractivity contribution in [2.24, 2.45) is 0 Å². The van der Waals surface area contributed by atoms with Crippen molar-refractivity contribution in [2.45, 2.75) is 11.8 Å². The van der Waals surface area contributed by atoms with Gasteiger partial charge in [-0.3, -0.25) is 9.69 Å². The Morgan fingerprint density at radius 2 is 2.04 bits per heavy atom. The number of halogens is 2. The quantitative estimate of drug-likeness (QED) is 0.675. The van der Waals surface area contributed by atoms with Crippen LogP contribution in [0.1, 0.15) is 6.92 Å². The van der Waals surface area contributed by atoms with Crippen LogP contribution in [0.4, 0.5) is 10.1 Å². The van der Waals surface area contributed by atoms with Gasteiger partial charge < -0.3 is 10.6 Å². The third-order valence-corrected chi connectivity index (χ3v) is 5.34. The minimum atomic E-state index is -4.02. The molecule has 1 aliphatic rings. The standard InChI is InChI=1S/C14H20ClFN4O3S/c1-10(21)19-13-9-12(16)14(8-11(13)15)24(22,23)18-4-7-20-5-2-17-3-6-20/h8-9,17-18H,2-7H2,1H3,(H,19,21). The van der Waals surface area contributed by atoms with Gasteiger partial charge in [-0.15, -0.1) is 0 Å². The molecule has 1 amide bonds. The maximum absolute atomic E-state index is 14.1. The van der Waals surface area contributed by atoms with Crippen LogP contribution < -0.4 is 15.4 Å². The number of sulfonamides is 1. The summed E-state index contributed by atoms with van der Waals surface area (Å²) >= 11 is 5.92. The van der Waals surface area contributed by atoms with Crippen LogP contribution in [0.25, 0.3) is 0 Å². The first-order chi connectivity index (χ1) is 11.3. The number of amides is 1. The minimum Gasteiger partial charge on any atom is -0.325 e. The first kappa shape index (κ1) is 19.1. The summed E-state index contributed by atoms with van der Waals surface area (Å²) in [7, 11) is -4.02. The van der Waals surface area contributed by atoms with Gasteiger partial charge in [-0.1, -0.05) is 11.6 Å². The summed E-state index contributed by atoms with van der Waals surface area (Å²) in [6.07, 6.45) is 0. The summed E-state index contributed by atoms with van der Waals surface area (Å²) < 4.78 is 41.0. The van der Waals surface area contributed by atoms with Gasteiger partial charge in [0.2, 0.25) is 15.9 Å². The molecule has 3 N–H and O–H groups in total. The molecule has 10 heteroatoms. The second kappa shape index (κ2) is 8.21. The Hall–Kier alpha value is -1.26. The van der Waals surface area contributed by atoms with Crippen LogP contribution >= 0.6 is 11.6 Å². The molecule has 0 atom stereocenters. The molecule has 1 aromatic rings. The van der Waals surface area contributed by atoms with Crippen LogP contribution in [0.5, 0.6) is 0 Å². The molecule has 24 heavy (non-hydrogen) atoms. The molecule has 0 spiro atoms. The van der Waals surface area contributed by atoms with Gasteiger partial charge in [0.25, 0.3) is 0 Å². The first-order valence-corrected chi connectivity index (χ1v) is 9.35. The number of nitrogens with one attached hydrogen (secondary N) is 3. The Morgan fingerprint density at radius 1 is 1.38 bits per heavy atom. The van der Waals surface area contributed by atoms with Gasteiger partial charge in [0.05, 0.1) is 10.7 Å². The topological polar surface area (TPSA) is 90.5 Å². The number of hydrogen-bond donors (Lipinski definition) is 3. The predicted octanol–water partition coefficient (Wildman–Crippen LogP) is 0.621. The monoisotopic (exact) mass is 378 g/mol. The van der Waals surface area contributed by atoms with Crippen molar-refractivity contribution >= 4 is 33.2 Å². The molecule has 0 bridgehead atoms. The number of carbonyl (C=O) groups excluding carboxylic acids is 1. The van der Waals surface area contributed by atoms with Gasteiger partial charge >= 0.3 is 0 Å². The molecule has 0 aromatic heterocycles. The Bertz CT molecular complexity index is 708. The largest absolute Gasteiger partial charge is 0.325 e. The molecule has 1 fully saturated rings. The Morgan fingerprint density at radius 3 is 2.67 bits per heavy atom. The van der Waals surface area contributed by atoms with E-state index in [9.17, 15) is 17.6 Å². The zero-order valence-corrected chi connectivity index (χ0v) is 14.8. The number of benzene rings is 1. The highest BCUT2D eigenvalue weighted by Gasteiger charge is 2.22. The van der Waals surface area contributed by atoms with Crippen LogP contribution in [0.2, 0.25) is 5.02 Å². The van der Waals surface area contributed by atoms with Crippen molar-refractivity contribution in [3.63, 3.8) is 0 Å². The number of carbonyl (C=O) groups is 1. The second-order valence-corrected chi connectivity index (χ2v) is 7.58. The summed E-state index contributed by atoms with van der Waals surface area (Å²) in [5.41, 5.74) is 0.0291. The second-order valence-electron chi connectivity index (χ2n) is 5.43. The molecule has 0 saturated carbocycles. The molecule has 2 rings (SSSR count). The average Bonchev–Trinajstić information content (AvgIpc) is 2.51. The van der Waals surface area contributed by atoms with E-state index in [0.717, 1.165) is 38.3 Å². The lowest BCUT2D eigenvalue weighted by Crippen LogP contribution is -2.46. The molecule has 1 heterocycles. The smallest absolute Gasteiger partial charge is 0.243 e. The molecule has 134 valence electrons. The van der Waals surface area contributed by atoms with Gasteiger partial charge in [-0.2, -0.15) is 0 Å². The highest BCUT2D eigenvalue weighted by molar-refractivity contribution is 7.89. The summed E-state index contributed by atoms with van der Waals surface area (Å²) in [5, 5.41) is 5.50. The Kier molecular flexibility index (Phi) is 6.53. The minimum absolute atomic E-state index is 0.0291. The number of anilines is 1. The van der Waals surface area contributed by atoms with Crippen LogP contribution in [0.3, 0.4) is 0 Å². The van der Waals surface area contributed by atoms with Crippen molar-refractivity contribution in [3.05, 3.63) is 23.0 Å². The zero-order chi connectivity index (χ0) is 17.7. The summed E-state index contributed by atoms with van der Waals surface area (Å²) in [4.78, 5) is 12.6. The Balaban J connectivity index is 2.05. The van der Waals surface area contributed by atoms with E-state index >= 15 is 0 Å². The van der Waals surface area contributed by atoms with E-state index in [4.69, 9.17) is 11.6 Å². The molecule has 1 aliphatic heterocycles. The van der Waals surface area contributed by atoms with Crippen molar-refractivity contribution in [2.75, 3.05) is 44.6 Å². The fraction of sp³-hybridized carbons (Fsp3) is 0.500. The number of rotatable bonds is 6. The van der Waals surface area contributed by atoms with Crippen LogP contribution in [-0.2, 0) is 14.8 Å². The van der Waals surface area contributed by atoms with Crippen LogP contribution in [0.15, 0.2) is 17.0 Å². The van der Waals surface area contributed by atoms with E-state index in [0.29, 0.717) is 6.54 Å². The molecular weight excluding hydrogens is 359 g/mol. The fourth-order valence-corrected chi connectivity index (χ4v) is 3.75. The van der Waals surface area contributed by atoms with E-state index in [1.807, 2.05) is 0 Å². The third kappa shape index (κ3) is 5.12. The van der Waals surface area contributed by atoms with Gasteiger partial charge in [-0.25, -0.2) is 17.5 Å². The van der Waals surface area contributed by atoms with E-state index in [-0.39, 0.29) is 17.3 Å². The lowest BCUT2D eigenvalue weighted by molar-refractivity contribution is -0.114. The van der Waals surface area contributed by atoms with Crippen LogP contribution in [-0.4, -0.2) is 58.5 Å². The summed E-state index contributed by atoms with van der Waals surface area (Å²) in [6.45, 7) is 5.37. The highest BCUT2D eigenvalue weighted by Crippen LogP contribution is 2.28. The number of hydrogen-bond acceptors (Lipinski definition) is 5. The maximum Gasteiger partial charge on any atom is 0.243 e. The van der Waals surface area contributed by atoms with E-state index in [1.165, 1.54) is 6.92 Å². The van der Waals surface area contributed by atoms with E-state index in [2.05, 4.69) is 20.3 Å². The highest BCUT2D eigenvalue weighted by atomic mass is 35.5. The SMILES string of the molecule is CC(=O)Nc1cc(F)c(S(=O)(=O)NCCN2CCNCC2)cc1Cl. The lowest BCUT2D eigenvalue weighted by atomic mass is 10.3. The average molecular weight is 379 g/mol. The van der Waals surface area contributed by atoms with Crippen LogP contribution in [0, 0.1) is 5.82 Å². The number of piperazine rings is 1. The molecule has 0 unspecified atom stereocenters. The third-order valence-electron chi connectivity index (χ3n) is 3.55. The zero-order valence-electron chi connectivity index (χ0n) is 13.2. The number of nitrogens with zero attached hydrogens (tertiary/aromatic N) is 1. The molecule has 1 aromatic carbocycles. The first-order valence-electron chi connectivity index (χ1n) is 7.49. The van der Waals surface area contributed by atoms with Crippen molar-refractivity contribution in [1.29, 1.82) is 0 Å². The van der Waals surface area contributed by atoms with Gasteiger partial charge in [0.15, 0.2) is 0 Å².